The first-order chi connectivity index (χ1) is 13.7. The van der Waals surface area contributed by atoms with Gasteiger partial charge in [-0.1, -0.05) is 37.3 Å². The Kier molecular flexibility index (Phi) is 5.77. The van der Waals surface area contributed by atoms with Crippen molar-refractivity contribution in [2.75, 3.05) is 13.1 Å². The second-order valence-electron chi connectivity index (χ2n) is 7.73. The van der Waals surface area contributed by atoms with Crippen molar-refractivity contribution in [1.29, 1.82) is 0 Å². The van der Waals surface area contributed by atoms with Gasteiger partial charge in [0.25, 0.3) is 0 Å². The number of nitrogens with zero attached hydrogens (tertiary/aromatic N) is 2. The zero-order valence-electron chi connectivity index (χ0n) is 16.9. The number of rotatable bonds is 6. The summed E-state index contributed by atoms with van der Waals surface area (Å²) < 4.78 is 0. The molecule has 1 aromatic heterocycles. The van der Waals surface area contributed by atoms with Crippen LogP contribution in [0, 0.1) is 0 Å². The molecule has 0 atom stereocenters. The van der Waals surface area contributed by atoms with Crippen molar-refractivity contribution in [3.8, 4) is 0 Å². The maximum absolute atomic E-state index is 4.92. The van der Waals surface area contributed by atoms with Crippen molar-refractivity contribution in [1.82, 2.24) is 15.2 Å². The normalized spacial score (nSPS) is 20.1. The largest absolute Gasteiger partial charge is 0.386 e. The lowest BCUT2D eigenvalue weighted by Crippen LogP contribution is -2.40. The number of hydrogen-bond acceptors (Lipinski definition) is 3. The number of likely N-dealkylation sites (tertiary alicyclic amines) is 1. The maximum Gasteiger partial charge on any atom is 0.0907 e. The van der Waals surface area contributed by atoms with Crippen molar-refractivity contribution < 1.29 is 0 Å². The van der Waals surface area contributed by atoms with Crippen LogP contribution in [0.25, 0.3) is 0 Å². The van der Waals surface area contributed by atoms with E-state index in [1.165, 1.54) is 29.6 Å². The summed E-state index contributed by atoms with van der Waals surface area (Å²) in [6.07, 6.45) is 7.45. The van der Waals surface area contributed by atoms with Gasteiger partial charge in [0.15, 0.2) is 0 Å². The van der Waals surface area contributed by atoms with E-state index in [1.807, 2.05) is 12.3 Å². The molecule has 1 saturated heterocycles. The van der Waals surface area contributed by atoms with Gasteiger partial charge in [-0.3, -0.25) is 4.90 Å². The molecule has 146 valence electrons. The summed E-state index contributed by atoms with van der Waals surface area (Å²) in [6, 6.07) is 15.4. The summed E-state index contributed by atoms with van der Waals surface area (Å²) in [5, 5.41) is 3.65. The van der Waals surface area contributed by atoms with Gasteiger partial charge in [-0.15, -0.1) is 0 Å². The highest BCUT2D eigenvalue weighted by molar-refractivity contribution is 6.14. The van der Waals surface area contributed by atoms with E-state index in [-0.39, 0.29) is 0 Å². The molecule has 3 heterocycles. The van der Waals surface area contributed by atoms with Crippen LogP contribution in [0.3, 0.4) is 0 Å². The van der Waals surface area contributed by atoms with E-state index in [2.05, 4.69) is 71.6 Å². The number of H-pyrrole nitrogens is 1. The predicted molar refractivity (Wildman–Crippen MR) is 116 cm³/mol. The Morgan fingerprint density at radius 2 is 1.93 bits per heavy atom. The molecule has 4 rings (SSSR count). The van der Waals surface area contributed by atoms with E-state index in [1.54, 1.807) is 0 Å². The highest BCUT2D eigenvalue weighted by atomic mass is 15.1. The van der Waals surface area contributed by atoms with Crippen LogP contribution in [0.4, 0.5) is 0 Å². The third kappa shape index (κ3) is 4.12. The molecule has 0 bridgehead atoms. The first-order valence-electron chi connectivity index (χ1n) is 10.4. The quantitative estimate of drug-likeness (QED) is 0.774. The van der Waals surface area contributed by atoms with Gasteiger partial charge in [0.1, 0.15) is 0 Å². The third-order valence-electron chi connectivity index (χ3n) is 5.85. The number of aliphatic imine (C=N–C) groups is 1. The molecule has 2 aliphatic rings. The van der Waals surface area contributed by atoms with E-state index >= 15 is 0 Å². The van der Waals surface area contributed by atoms with Gasteiger partial charge in [-0.2, -0.15) is 0 Å². The molecule has 0 spiro atoms. The lowest BCUT2D eigenvalue weighted by molar-refractivity contribution is 0.197. The molecule has 1 fully saturated rings. The van der Waals surface area contributed by atoms with Crippen LogP contribution in [0.15, 0.2) is 76.7 Å². The molecule has 0 aliphatic carbocycles. The summed E-state index contributed by atoms with van der Waals surface area (Å²) in [6.45, 7) is 7.73. The van der Waals surface area contributed by atoms with E-state index in [0.29, 0.717) is 6.04 Å². The topological polar surface area (TPSA) is 43.4 Å². The minimum Gasteiger partial charge on any atom is -0.386 e. The standard InChI is InChI=1S/C24H30N4/c1-3-21-18(2)23(27-24(21)22-10-7-13-25-22)16-26-20-11-14-28(15-12-20)17-19-8-5-4-6-9-19/h4-10,13,16,20,25-26H,3,11-12,14-15,17H2,1-2H3/b23-16-. The van der Waals surface area contributed by atoms with Crippen molar-refractivity contribution in [2.45, 2.75) is 45.7 Å². The van der Waals surface area contributed by atoms with Crippen molar-refractivity contribution in [3.63, 3.8) is 0 Å². The lowest BCUT2D eigenvalue weighted by Gasteiger charge is -2.32. The average Bonchev–Trinajstić information content (AvgIpc) is 3.36. The molecule has 0 amide bonds. The molecule has 0 saturated carbocycles. The lowest BCUT2D eigenvalue weighted by atomic mass is 10.0. The van der Waals surface area contributed by atoms with Crippen LogP contribution in [0.2, 0.25) is 0 Å². The molecule has 1 aromatic carbocycles. The van der Waals surface area contributed by atoms with E-state index in [0.717, 1.165) is 43.2 Å². The number of hydrogen-bond donors (Lipinski definition) is 2. The first kappa shape index (κ1) is 18.8. The summed E-state index contributed by atoms with van der Waals surface area (Å²) >= 11 is 0. The van der Waals surface area contributed by atoms with Crippen LogP contribution < -0.4 is 5.32 Å². The molecule has 2 aliphatic heterocycles. The van der Waals surface area contributed by atoms with Crippen molar-refractivity contribution in [3.05, 3.63) is 83.0 Å². The summed E-state index contributed by atoms with van der Waals surface area (Å²) in [4.78, 5) is 10.8. The minimum atomic E-state index is 0.530. The molecule has 4 nitrogen and oxygen atoms in total. The maximum atomic E-state index is 4.92. The fourth-order valence-electron chi connectivity index (χ4n) is 4.17. The van der Waals surface area contributed by atoms with E-state index in [4.69, 9.17) is 4.99 Å². The van der Waals surface area contributed by atoms with Crippen LogP contribution in [-0.2, 0) is 6.54 Å². The Labute approximate surface area is 168 Å². The van der Waals surface area contributed by atoms with Gasteiger partial charge < -0.3 is 10.3 Å². The highest BCUT2D eigenvalue weighted by Crippen LogP contribution is 2.29. The molecule has 4 heteroatoms. The number of aromatic nitrogens is 1. The van der Waals surface area contributed by atoms with Gasteiger partial charge in [0.05, 0.1) is 17.1 Å². The molecule has 0 radical (unpaired) electrons. The molecule has 28 heavy (non-hydrogen) atoms. The molecule has 2 N–H and O–H groups in total. The Bertz CT molecular complexity index is 867. The third-order valence-corrected chi connectivity index (χ3v) is 5.85. The van der Waals surface area contributed by atoms with Gasteiger partial charge in [-0.25, -0.2) is 4.99 Å². The van der Waals surface area contributed by atoms with E-state index in [9.17, 15) is 0 Å². The predicted octanol–water partition coefficient (Wildman–Crippen LogP) is 4.64. The highest BCUT2D eigenvalue weighted by Gasteiger charge is 2.22. The van der Waals surface area contributed by atoms with Crippen LogP contribution in [-0.4, -0.2) is 34.7 Å². The molecular formula is C24H30N4. The smallest absolute Gasteiger partial charge is 0.0907 e. The number of allylic oxidation sites excluding steroid dienone is 2. The summed E-state index contributed by atoms with van der Waals surface area (Å²) in [7, 11) is 0. The van der Waals surface area contributed by atoms with Crippen LogP contribution >= 0.6 is 0 Å². The Morgan fingerprint density at radius 3 is 2.61 bits per heavy atom. The van der Waals surface area contributed by atoms with Crippen molar-refractivity contribution in [2.24, 2.45) is 4.99 Å². The Hall–Kier alpha value is -2.59. The first-order valence-corrected chi connectivity index (χ1v) is 10.4. The zero-order chi connectivity index (χ0) is 19.3. The van der Waals surface area contributed by atoms with Crippen LogP contribution in [0.1, 0.15) is 44.4 Å². The molecule has 0 unspecified atom stereocenters. The fourth-order valence-corrected chi connectivity index (χ4v) is 4.17. The SMILES string of the molecule is CCC1=C(C)/C(=C/NC2CCN(Cc3ccccc3)CC2)N=C1c1ccc[nH]1. The van der Waals surface area contributed by atoms with Gasteiger partial charge in [0.2, 0.25) is 0 Å². The number of aromatic amines is 1. The number of benzene rings is 1. The van der Waals surface area contributed by atoms with Gasteiger partial charge >= 0.3 is 0 Å². The summed E-state index contributed by atoms with van der Waals surface area (Å²) in [5.41, 5.74) is 7.31. The fraction of sp³-hybridized carbons (Fsp3) is 0.375. The Balaban J connectivity index is 1.35. The van der Waals surface area contributed by atoms with Crippen molar-refractivity contribution >= 4 is 5.71 Å². The minimum absolute atomic E-state index is 0.530. The van der Waals surface area contributed by atoms with Crippen LogP contribution in [0.5, 0.6) is 0 Å². The second kappa shape index (κ2) is 8.61. The van der Waals surface area contributed by atoms with Gasteiger partial charge in [0, 0.05) is 38.1 Å². The Morgan fingerprint density at radius 1 is 1.14 bits per heavy atom. The second-order valence-corrected chi connectivity index (χ2v) is 7.73. The zero-order valence-corrected chi connectivity index (χ0v) is 16.9. The van der Waals surface area contributed by atoms with Gasteiger partial charge in [-0.05, 0) is 55.0 Å². The number of nitrogens with one attached hydrogen (secondary N) is 2. The summed E-state index contributed by atoms with van der Waals surface area (Å²) in [5.74, 6) is 0. The molecule has 2 aromatic rings. The monoisotopic (exact) mass is 374 g/mol. The number of piperidine rings is 1. The average molecular weight is 375 g/mol. The van der Waals surface area contributed by atoms with E-state index < -0.39 is 0 Å². The molecular weight excluding hydrogens is 344 g/mol.